The molecule has 2 heteroatoms. The average molecular weight is 615 g/mol. The van der Waals surface area contributed by atoms with E-state index in [9.17, 15) is 0 Å². The fourth-order valence-electron chi connectivity index (χ4n) is 5.75. The molecule has 0 bridgehead atoms. The monoisotopic (exact) mass is 615 g/mol. The summed E-state index contributed by atoms with van der Waals surface area (Å²) in [5.74, 6) is 3.86. The zero-order valence-corrected chi connectivity index (χ0v) is 31.9. The Morgan fingerprint density at radius 1 is 0.591 bits per heavy atom. The number of ether oxygens (including phenoxy) is 2. The summed E-state index contributed by atoms with van der Waals surface area (Å²) >= 11 is 0. The van der Waals surface area contributed by atoms with Crippen LogP contribution in [-0.2, 0) is 9.47 Å². The molecular weight excluding hydrogens is 536 g/mol. The van der Waals surface area contributed by atoms with Gasteiger partial charge in [0.2, 0.25) is 0 Å². The molecule has 0 heterocycles. The van der Waals surface area contributed by atoms with Gasteiger partial charge in [0.05, 0.1) is 11.2 Å². The first kappa shape index (κ1) is 42.9. The summed E-state index contributed by atoms with van der Waals surface area (Å²) in [7, 11) is 3.60. The molecule has 0 aliphatic carbocycles. The topological polar surface area (TPSA) is 18.5 Å². The highest BCUT2D eigenvalue weighted by atomic mass is 16.5. The number of allylic oxidation sites excluding steroid dienone is 7. The first-order valence-electron chi connectivity index (χ1n) is 18.5. The second-order valence-electron chi connectivity index (χ2n) is 15.8. The molecule has 44 heavy (non-hydrogen) atoms. The van der Waals surface area contributed by atoms with Crippen molar-refractivity contribution in [3.05, 3.63) is 48.1 Å². The van der Waals surface area contributed by atoms with Crippen molar-refractivity contribution < 1.29 is 9.47 Å². The van der Waals surface area contributed by atoms with Crippen molar-refractivity contribution in [2.75, 3.05) is 14.2 Å². The summed E-state index contributed by atoms with van der Waals surface area (Å²) in [6.07, 6.45) is 35.7. The summed E-state index contributed by atoms with van der Waals surface area (Å²) in [4.78, 5) is 0. The average Bonchev–Trinajstić information content (AvgIpc) is 2.95. The largest absolute Gasteiger partial charge is 0.379 e. The van der Waals surface area contributed by atoms with Gasteiger partial charge in [0.15, 0.2) is 0 Å². The normalized spacial score (nSPS) is 17.1. The lowest BCUT2D eigenvalue weighted by molar-refractivity contribution is 0.0128. The van der Waals surface area contributed by atoms with E-state index in [0.717, 1.165) is 30.6 Å². The Balaban J connectivity index is 3.92. The summed E-state index contributed by atoms with van der Waals surface area (Å²) in [6, 6.07) is 0. The molecule has 0 amide bonds. The zero-order valence-electron chi connectivity index (χ0n) is 31.9. The van der Waals surface area contributed by atoms with Crippen LogP contribution in [0.3, 0.4) is 0 Å². The lowest BCUT2D eigenvalue weighted by Gasteiger charge is -2.23. The van der Waals surface area contributed by atoms with Crippen molar-refractivity contribution in [2.24, 2.45) is 29.6 Å². The van der Waals surface area contributed by atoms with E-state index in [1.54, 1.807) is 7.11 Å². The molecule has 0 saturated carbocycles. The van der Waals surface area contributed by atoms with Crippen LogP contribution in [-0.4, -0.2) is 25.4 Å². The maximum atomic E-state index is 5.55. The predicted octanol–water partition coefficient (Wildman–Crippen LogP) is 13.5. The van der Waals surface area contributed by atoms with Crippen molar-refractivity contribution >= 4 is 0 Å². The van der Waals surface area contributed by atoms with Crippen LogP contribution in [0, 0.1) is 29.6 Å². The minimum absolute atomic E-state index is 0.0235. The Kier molecular flexibility index (Phi) is 24.4. The van der Waals surface area contributed by atoms with Crippen LogP contribution in [0.2, 0.25) is 0 Å². The lowest BCUT2D eigenvalue weighted by atomic mass is 9.91. The molecular formula is C42H78O2. The van der Waals surface area contributed by atoms with Crippen molar-refractivity contribution in [1.29, 1.82) is 0 Å². The first-order valence-corrected chi connectivity index (χ1v) is 18.5. The van der Waals surface area contributed by atoms with Gasteiger partial charge in [-0.25, -0.2) is 0 Å². The second-order valence-corrected chi connectivity index (χ2v) is 15.8. The summed E-state index contributed by atoms with van der Waals surface area (Å²) in [5.41, 5.74) is 1.23. The Morgan fingerprint density at radius 2 is 1.09 bits per heavy atom. The molecule has 0 aromatic heterocycles. The standard InChI is InChI=1S/C42H78O2/c1-35(23-15-25-37(3)27-17-29-39(5)31-19-33-41(7,8)43-11)21-13-14-22-36(2)24-16-26-38(4)28-18-30-40(6)32-20-34-42(9,10)44-12/h17-19,27-29,31,35-38,40H,13-16,20-26,30,32-34H2,1-12H3/b27-17+,28-18+,31-19+,39-29+. The van der Waals surface area contributed by atoms with Gasteiger partial charge < -0.3 is 9.47 Å². The minimum atomic E-state index is -0.0880. The third-order valence-electron chi connectivity index (χ3n) is 9.73. The zero-order chi connectivity index (χ0) is 33.4. The van der Waals surface area contributed by atoms with E-state index < -0.39 is 0 Å². The SMILES string of the molecule is COC(C)(C)C/C=C/C(C)=C/C=C/C(C)CCCC(C)CCCCC(C)CCCC(C)/C=C/CC(C)CCCC(C)(C)OC. The number of rotatable bonds is 27. The molecule has 5 atom stereocenters. The van der Waals surface area contributed by atoms with E-state index >= 15 is 0 Å². The van der Waals surface area contributed by atoms with Crippen LogP contribution in [0.5, 0.6) is 0 Å². The van der Waals surface area contributed by atoms with E-state index in [1.807, 2.05) is 7.11 Å². The molecule has 0 radical (unpaired) electrons. The highest BCUT2D eigenvalue weighted by molar-refractivity contribution is 5.22. The highest BCUT2D eigenvalue weighted by Gasteiger charge is 2.16. The van der Waals surface area contributed by atoms with Crippen LogP contribution >= 0.6 is 0 Å². The number of hydrogen-bond donors (Lipinski definition) is 0. The predicted molar refractivity (Wildman–Crippen MR) is 198 cm³/mol. The van der Waals surface area contributed by atoms with Crippen LogP contribution in [0.4, 0.5) is 0 Å². The van der Waals surface area contributed by atoms with Gasteiger partial charge in [-0.3, -0.25) is 0 Å². The van der Waals surface area contributed by atoms with E-state index in [2.05, 4.69) is 112 Å². The van der Waals surface area contributed by atoms with Crippen molar-refractivity contribution in [3.63, 3.8) is 0 Å². The highest BCUT2D eigenvalue weighted by Crippen LogP contribution is 2.24. The third kappa shape index (κ3) is 26.1. The Labute approximate surface area is 277 Å². The summed E-state index contributed by atoms with van der Waals surface area (Å²) < 4.78 is 11.0. The van der Waals surface area contributed by atoms with Crippen LogP contribution in [0.15, 0.2) is 48.1 Å². The van der Waals surface area contributed by atoms with Gasteiger partial charge in [0, 0.05) is 14.2 Å². The molecule has 0 aliphatic rings. The minimum Gasteiger partial charge on any atom is -0.379 e. The van der Waals surface area contributed by atoms with Crippen molar-refractivity contribution in [2.45, 2.75) is 177 Å². The molecule has 0 N–H and O–H groups in total. The van der Waals surface area contributed by atoms with Crippen LogP contribution in [0.1, 0.15) is 166 Å². The molecule has 0 aromatic carbocycles. The van der Waals surface area contributed by atoms with Crippen LogP contribution in [0.25, 0.3) is 0 Å². The number of hydrogen-bond acceptors (Lipinski definition) is 2. The van der Waals surface area contributed by atoms with Gasteiger partial charge in [-0.15, -0.1) is 0 Å². The molecule has 258 valence electrons. The number of methoxy groups -OCH3 is 2. The smallest absolute Gasteiger partial charge is 0.0657 e. The molecule has 2 nitrogen and oxygen atoms in total. The molecule has 0 saturated heterocycles. The summed E-state index contributed by atoms with van der Waals surface area (Å²) in [5, 5.41) is 0. The van der Waals surface area contributed by atoms with Gasteiger partial charge in [0.25, 0.3) is 0 Å². The maximum Gasteiger partial charge on any atom is 0.0657 e. The summed E-state index contributed by atoms with van der Waals surface area (Å²) in [6.45, 7) is 22.9. The van der Waals surface area contributed by atoms with E-state index in [4.69, 9.17) is 9.47 Å². The van der Waals surface area contributed by atoms with Gasteiger partial charge >= 0.3 is 0 Å². The maximum absolute atomic E-state index is 5.55. The van der Waals surface area contributed by atoms with Gasteiger partial charge in [-0.05, 0) is 96.3 Å². The van der Waals surface area contributed by atoms with E-state index in [-0.39, 0.29) is 11.2 Å². The van der Waals surface area contributed by atoms with Crippen molar-refractivity contribution in [1.82, 2.24) is 0 Å². The first-order chi connectivity index (χ1) is 20.7. The Hall–Kier alpha value is -1.12. The molecule has 0 rings (SSSR count). The molecule has 0 aromatic rings. The molecule has 5 unspecified atom stereocenters. The van der Waals surface area contributed by atoms with E-state index in [0.29, 0.717) is 11.8 Å². The Morgan fingerprint density at radius 3 is 1.64 bits per heavy atom. The quantitative estimate of drug-likeness (QED) is 0.0520. The fraction of sp³-hybridized carbons (Fsp3) is 0.810. The van der Waals surface area contributed by atoms with Crippen LogP contribution < -0.4 is 0 Å². The Bertz CT molecular complexity index is 799. The van der Waals surface area contributed by atoms with Gasteiger partial charge in [0.1, 0.15) is 0 Å². The van der Waals surface area contributed by atoms with Crippen molar-refractivity contribution in [3.8, 4) is 0 Å². The fourth-order valence-corrected chi connectivity index (χ4v) is 5.75. The number of unbranched alkanes of at least 4 members (excludes halogenated alkanes) is 1. The van der Waals surface area contributed by atoms with E-state index in [1.165, 1.54) is 89.0 Å². The second kappa shape index (κ2) is 25.0. The molecule has 0 aliphatic heterocycles. The van der Waals surface area contributed by atoms with Gasteiger partial charge in [-0.2, -0.15) is 0 Å². The van der Waals surface area contributed by atoms with Gasteiger partial charge in [-0.1, -0.05) is 147 Å². The third-order valence-corrected chi connectivity index (χ3v) is 9.73. The molecule has 0 fully saturated rings. The molecule has 0 spiro atoms. The lowest BCUT2D eigenvalue weighted by Crippen LogP contribution is -2.22.